The van der Waals surface area contributed by atoms with E-state index in [0.717, 1.165) is 6.92 Å². The lowest BCUT2D eigenvalue weighted by Gasteiger charge is -2.24. The number of unbranched alkanes of at least 4 members (excludes halogenated alkanes) is 1. The van der Waals surface area contributed by atoms with E-state index in [1.165, 1.54) is 21.3 Å². The topological polar surface area (TPSA) is 93.7 Å². The molecular weight excluding hydrogens is 396 g/mol. The molecule has 1 rings (SSSR count). The Labute approximate surface area is 162 Å². The van der Waals surface area contributed by atoms with Gasteiger partial charge in [0.25, 0.3) is 0 Å². The SMILES string of the molecule is CCCCn1c(=O)n(CCC[Si](OC)(OC)OC)c(=O)n(C(F)(F)CC)c1=O. The zero-order valence-electron chi connectivity index (χ0n) is 17.0. The van der Waals surface area contributed by atoms with Gasteiger partial charge in [0.05, 0.1) is 0 Å². The number of aromatic nitrogens is 3. The molecule has 0 atom stereocenters. The highest BCUT2D eigenvalue weighted by Crippen LogP contribution is 2.20. The van der Waals surface area contributed by atoms with Gasteiger partial charge in [-0.1, -0.05) is 20.3 Å². The summed E-state index contributed by atoms with van der Waals surface area (Å²) in [6.45, 7) is 2.79. The van der Waals surface area contributed by atoms with Crippen LogP contribution in [0, 0.1) is 0 Å². The lowest BCUT2D eigenvalue weighted by atomic mass is 10.3. The van der Waals surface area contributed by atoms with E-state index in [1.54, 1.807) is 0 Å². The van der Waals surface area contributed by atoms with Crippen LogP contribution < -0.4 is 17.1 Å². The summed E-state index contributed by atoms with van der Waals surface area (Å²) in [6.07, 6.45) is 0.554. The summed E-state index contributed by atoms with van der Waals surface area (Å²) < 4.78 is 45.6. The Bertz CT molecular complexity index is 808. The van der Waals surface area contributed by atoms with Gasteiger partial charge in [-0.15, -0.1) is 0 Å². The minimum Gasteiger partial charge on any atom is -0.377 e. The minimum absolute atomic E-state index is 0.0405. The van der Waals surface area contributed by atoms with Crippen molar-refractivity contribution in [3.8, 4) is 0 Å². The Morgan fingerprint density at radius 2 is 1.32 bits per heavy atom. The van der Waals surface area contributed by atoms with Crippen molar-refractivity contribution in [3.63, 3.8) is 0 Å². The second-order valence-corrected chi connectivity index (χ2v) is 9.35. The second kappa shape index (κ2) is 10.2. The van der Waals surface area contributed by atoms with Crippen LogP contribution in [0.4, 0.5) is 8.78 Å². The molecule has 0 N–H and O–H groups in total. The maximum Gasteiger partial charge on any atom is 0.500 e. The highest BCUT2D eigenvalue weighted by atomic mass is 28.4. The lowest BCUT2D eigenvalue weighted by molar-refractivity contribution is -0.0948. The first-order valence-electron chi connectivity index (χ1n) is 9.15. The molecule has 1 aromatic rings. The van der Waals surface area contributed by atoms with Crippen molar-refractivity contribution in [2.75, 3.05) is 21.3 Å². The largest absolute Gasteiger partial charge is 0.500 e. The van der Waals surface area contributed by atoms with Gasteiger partial charge >= 0.3 is 31.9 Å². The monoisotopic (exact) mass is 425 g/mol. The van der Waals surface area contributed by atoms with Crippen LogP contribution in [0.3, 0.4) is 0 Å². The molecule has 12 heteroatoms. The molecule has 162 valence electrons. The second-order valence-electron chi connectivity index (χ2n) is 6.26. The normalized spacial score (nSPS) is 12.5. The summed E-state index contributed by atoms with van der Waals surface area (Å²) in [5, 5.41) is 0. The highest BCUT2D eigenvalue weighted by molar-refractivity contribution is 6.60. The molecule has 0 aromatic carbocycles. The molecule has 0 saturated heterocycles. The van der Waals surface area contributed by atoms with Gasteiger partial charge in [-0.05, 0) is 12.8 Å². The first kappa shape index (κ1) is 24.4. The summed E-state index contributed by atoms with van der Waals surface area (Å²) in [7, 11) is 1.32. The third kappa shape index (κ3) is 5.04. The first-order chi connectivity index (χ1) is 13.1. The Morgan fingerprint density at radius 1 is 0.857 bits per heavy atom. The molecule has 0 aliphatic rings. The van der Waals surface area contributed by atoms with Crippen LogP contribution in [0.15, 0.2) is 14.4 Å². The molecule has 0 spiro atoms. The summed E-state index contributed by atoms with van der Waals surface area (Å²) in [6, 6.07) is -3.43. The number of hydrogen-bond donors (Lipinski definition) is 0. The van der Waals surface area contributed by atoms with E-state index in [-0.39, 0.29) is 30.1 Å². The molecule has 28 heavy (non-hydrogen) atoms. The number of halogens is 2. The third-order valence-corrected chi connectivity index (χ3v) is 7.42. The van der Waals surface area contributed by atoms with E-state index in [2.05, 4.69) is 0 Å². The van der Waals surface area contributed by atoms with Gasteiger partial charge in [0.2, 0.25) is 0 Å². The Kier molecular flexibility index (Phi) is 8.92. The van der Waals surface area contributed by atoms with Gasteiger partial charge in [0.15, 0.2) is 0 Å². The van der Waals surface area contributed by atoms with Gasteiger partial charge in [-0.25, -0.2) is 23.5 Å². The molecule has 1 heterocycles. The van der Waals surface area contributed by atoms with Crippen molar-refractivity contribution in [2.45, 2.75) is 64.7 Å². The fourth-order valence-electron chi connectivity index (χ4n) is 2.78. The number of rotatable bonds is 12. The molecule has 0 radical (unpaired) electrons. The molecule has 9 nitrogen and oxygen atoms in total. The van der Waals surface area contributed by atoms with Crippen molar-refractivity contribution in [3.05, 3.63) is 31.5 Å². The zero-order valence-corrected chi connectivity index (χ0v) is 18.0. The van der Waals surface area contributed by atoms with Gasteiger partial charge in [-0.3, -0.25) is 0 Å². The average Bonchev–Trinajstić information content (AvgIpc) is 2.68. The Morgan fingerprint density at radius 3 is 1.71 bits per heavy atom. The summed E-state index contributed by atoms with van der Waals surface area (Å²) in [5.41, 5.74) is -3.51. The van der Waals surface area contributed by atoms with E-state index in [0.29, 0.717) is 22.0 Å². The smallest absolute Gasteiger partial charge is 0.377 e. The van der Waals surface area contributed by atoms with Crippen molar-refractivity contribution in [1.82, 2.24) is 13.7 Å². The van der Waals surface area contributed by atoms with Crippen LogP contribution >= 0.6 is 0 Å². The van der Waals surface area contributed by atoms with Crippen LogP contribution in [0.5, 0.6) is 0 Å². The maximum absolute atomic E-state index is 14.3. The molecular formula is C16H29F2N3O6Si. The molecule has 0 unspecified atom stereocenters. The molecule has 0 saturated carbocycles. The van der Waals surface area contributed by atoms with Gasteiger partial charge in [0, 0.05) is 46.9 Å². The molecule has 1 aromatic heterocycles. The zero-order chi connectivity index (χ0) is 21.5. The van der Waals surface area contributed by atoms with Crippen LogP contribution in [0.2, 0.25) is 6.04 Å². The predicted molar refractivity (Wildman–Crippen MR) is 101 cm³/mol. The molecule has 0 aliphatic carbocycles. The van der Waals surface area contributed by atoms with Crippen molar-refractivity contribution in [1.29, 1.82) is 0 Å². The quantitative estimate of drug-likeness (QED) is 0.467. The number of nitrogens with zero attached hydrogens (tertiary/aromatic N) is 3. The number of alkyl halides is 2. The maximum atomic E-state index is 14.3. The van der Waals surface area contributed by atoms with E-state index in [1.807, 2.05) is 6.92 Å². The minimum atomic E-state index is -3.69. The van der Waals surface area contributed by atoms with E-state index in [4.69, 9.17) is 13.3 Å². The van der Waals surface area contributed by atoms with Gasteiger partial charge in [-0.2, -0.15) is 13.3 Å². The molecule has 0 amide bonds. The summed E-state index contributed by atoms with van der Waals surface area (Å²) in [4.78, 5) is 37.6. The van der Waals surface area contributed by atoms with Crippen molar-refractivity contribution in [2.24, 2.45) is 0 Å². The van der Waals surface area contributed by atoms with E-state index >= 15 is 0 Å². The average molecular weight is 426 g/mol. The van der Waals surface area contributed by atoms with Gasteiger partial charge in [0.1, 0.15) is 0 Å². The fraction of sp³-hybridized carbons (Fsp3) is 0.812. The van der Waals surface area contributed by atoms with Crippen molar-refractivity contribution >= 4 is 8.80 Å². The Balaban J connectivity index is 3.42. The predicted octanol–water partition coefficient (Wildman–Crippen LogP) is 1.20. The number of hydrogen-bond acceptors (Lipinski definition) is 6. The fourth-order valence-corrected chi connectivity index (χ4v) is 4.48. The van der Waals surface area contributed by atoms with Crippen LogP contribution in [0.25, 0.3) is 0 Å². The molecule has 0 fully saturated rings. The summed E-state index contributed by atoms with van der Waals surface area (Å²) >= 11 is 0. The molecule has 0 bridgehead atoms. The van der Waals surface area contributed by atoms with Gasteiger partial charge < -0.3 is 13.3 Å². The van der Waals surface area contributed by atoms with Crippen LogP contribution in [0.1, 0.15) is 39.5 Å². The van der Waals surface area contributed by atoms with E-state index < -0.39 is 38.3 Å². The molecule has 0 aliphatic heterocycles. The first-order valence-corrected chi connectivity index (χ1v) is 11.1. The van der Waals surface area contributed by atoms with Crippen LogP contribution in [-0.2, 0) is 32.4 Å². The summed E-state index contributed by atoms with van der Waals surface area (Å²) in [5.74, 6) is 0. The van der Waals surface area contributed by atoms with Crippen LogP contribution in [-0.4, -0.2) is 43.8 Å². The highest BCUT2D eigenvalue weighted by Gasteiger charge is 2.38. The lowest BCUT2D eigenvalue weighted by Crippen LogP contribution is -2.58. The van der Waals surface area contributed by atoms with Crippen molar-refractivity contribution < 1.29 is 22.1 Å². The van der Waals surface area contributed by atoms with E-state index in [9.17, 15) is 23.2 Å². The standard InChI is InChI=1S/C16H29F2N3O6Si/c1-6-8-10-19-13(22)20(11-9-12-28(25-3,26-4)27-5)15(24)21(14(19)23)16(17,18)7-2/h6-12H2,1-5H3. The Hall–Kier alpha value is -1.63. The third-order valence-electron chi connectivity index (χ3n) is 4.59.